The lowest BCUT2D eigenvalue weighted by molar-refractivity contribution is 0.101. The molecule has 5 aromatic heterocycles. The number of hydrogen-bond acceptors (Lipinski definition) is 12. The van der Waals surface area contributed by atoms with Crippen LogP contribution < -0.4 is 20.1 Å². The third-order valence-electron chi connectivity index (χ3n) is 11.4. The molecule has 0 radical (unpaired) electrons. The molecule has 1 fully saturated rings. The zero-order chi connectivity index (χ0) is 47.4. The van der Waals surface area contributed by atoms with Gasteiger partial charge in [-0.3, -0.25) is 30.4 Å². The highest BCUT2D eigenvalue weighted by Gasteiger charge is 2.25. The van der Waals surface area contributed by atoms with E-state index in [2.05, 4.69) is 52.9 Å². The summed E-state index contributed by atoms with van der Waals surface area (Å²) in [4.78, 5) is 46.0. The lowest BCUT2D eigenvalue weighted by Gasteiger charge is -2.20. The number of pyridine rings is 4. The van der Waals surface area contributed by atoms with Gasteiger partial charge in [-0.2, -0.15) is 0 Å². The number of amidine groups is 1. The molecule has 350 valence electrons. The quantitative estimate of drug-likeness (QED) is 0.0964. The van der Waals surface area contributed by atoms with Gasteiger partial charge >= 0.3 is 0 Å². The first-order valence-corrected chi connectivity index (χ1v) is 23.0. The molecule has 0 unspecified atom stereocenters. The standard InChI is InChI=1S/C26H26N6O2.C24H22N6O2.C2H6.2H2/c27-16-32-12-1-2-13-34-23-11-9-18(19-8-10-21(29-15-19)17-6-7-17)14-20(23)26(33)31-24-5-3-4-22(30-24)25(32)28;1-16-7-8-18(14-25-16)17-9-10-21-19(13-17)24(31)28-22-6-4-5-20(27-22)23-29-26-15-30(23)11-2-3-12-32-21;1-2;;/h3-5,8-11,14-17,27-28H,1-2,6-7,12-13H2,(H,30,31,33);4-10,13-15H,2-3,11-12H2,1H3,(H,27,28,31);1-2H3;2*1H. The topological polar surface area (TPSA) is 210 Å². The van der Waals surface area contributed by atoms with Crippen LogP contribution in [0.25, 0.3) is 33.8 Å². The number of ether oxygens (including phenoxy) is 2. The largest absolute Gasteiger partial charge is 0.493 e. The summed E-state index contributed by atoms with van der Waals surface area (Å²) in [5.74, 6) is 2.59. The van der Waals surface area contributed by atoms with Crippen LogP contribution in [0.1, 0.15) is 98.9 Å². The van der Waals surface area contributed by atoms with Crippen LogP contribution in [0.3, 0.4) is 0 Å². The molecule has 16 heteroatoms. The predicted octanol–water partition coefficient (Wildman–Crippen LogP) is 10.3. The number of amides is 2. The molecule has 1 saturated carbocycles. The molecule has 2 aromatic carbocycles. The first kappa shape index (κ1) is 46.4. The summed E-state index contributed by atoms with van der Waals surface area (Å²) in [6.07, 6.45) is 12.1. The van der Waals surface area contributed by atoms with Crippen molar-refractivity contribution in [2.24, 2.45) is 0 Å². The highest BCUT2D eigenvalue weighted by molar-refractivity contribution is 6.08. The Kier molecular flexibility index (Phi) is 14.9. The van der Waals surface area contributed by atoms with Gasteiger partial charge in [0.2, 0.25) is 0 Å². The van der Waals surface area contributed by atoms with Gasteiger partial charge < -0.3 is 29.6 Å². The van der Waals surface area contributed by atoms with Gasteiger partial charge in [-0.1, -0.05) is 50.2 Å². The number of carbonyl (C=O) groups excluding carboxylic acids is 2. The summed E-state index contributed by atoms with van der Waals surface area (Å²) in [5.41, 5.74) is 7.66. The van der Waals surface area contributed by atoms with Crippen molar-refractivity contribution in [1.82, 2.24) is 39.6 Å². The number of rotatable bonds is 4. The summed E-state index contributed by atoms with van der Waals surface area (Å²) in [7, 11) is 0. The summed E-state index contributed by atoms with van der Waals surface area (Å²) < 4.78 is 13.9. The molecule has 10 rings (SSSR count). The predicted molar refractivity (Wildman–Crippen MR) is 267 cm³/mol. The van der Waals surface area contributed by atoms with Gasteiger partial charge in [-0.25, -0.2) is 9.97 Å². The second-order valence-corrected chi connectivity index (χ2v) is 16.2. The minimum atomic E-state index is -0.337. The molecule has 1 aliphatic carbocycles. The van der Waals surface area contributed by atoms with E-state index in [1.54, 1.807) is 36.8 Å². The molecular formula is C52H58N12O4. The Labute approximate surface area is 398 Å². The second kappa shape index (κ2) is 21.9. The maximum absolute atomic E-state index is 13.3. The van der Waals surface area contributed by atoms with Crippen molar-refractivity contribution < 1.29 is 21.9 Å². The van der Waals surface area contributed by atoms with Crippen LogP contribution in [-0.2, 0) is 6.54 Å². The molecule has 68 heavy (non-hydrogen) atoms. The molecule has 2 amide bonds. The number of fused-ring (bicyclic) bond motifs is 8. The third kappa shape index (κ3) is 11.3. The summed E-state index contributed by atoms with van der Waals surface area (Å²) in [6.45, 7) is 8.15. The van der Waals surface area contributed by atoms with Crippen molar-refractivity contribution in [3.8, 4) is 45.3 Å². The molecule has 2 aliphatic heterocycles. The number of aryl methyl sites for hydroxylation is 2. The van der Waals surface area contributed by atoms with E-state index in [0.717, 1.165) is 72.2 Å². The Morgan fingerprint density at radius 2 is 1.26 bits per heavy atom. The number of hydrogen-bond donors (Lipinski definition) is 4. The van der Waals surface area contributed by atoms with E-state index in [1.807, 2.05) is 92.2 Å². The number of benzene rings is 2. The molecule has 4 bridgehead atoms. The smallest absolute Gasteiger partial charge is 0.260 e. The molecular weight excluding hydrogens is 857 g/mol. The van der Waals surface area contributed by atoms with Crippen molar-refractivity contribution in [2.45, 2.75) is 71.8 Å². The number of anilines is 2. The number of aromatic nitrogens is 7. The first-order valence-electron chi connectivity index (χ1n) is 23.0. The van der Waals surface area contributed by atoms with Gasteiger partial charge in [-0.05, 0) is 117 Å². The summed E-state index contributed by atoms with van der Waals surface area (Å²) in [6, 6.07) is 29.9. The Morgan fingerprint density at radius 1 is 0.691 bits per heavy atom. The lowest BCUT2D eigenvalue weighted by Crippen LogP contribution is -2.31. The van der Waals surface area contributed by atoms with E-state index in [1.165, 1.54) is 17.7 Å². The van der Waals surface area contributed by atoms with Crippen LogP contribution >= 0.6 is 0 Å². The van der Waals surface area contributed by atoms with Gasteiger partial charge in [0.15, 0.2) is 11.7 Å². The third-order valence-corrected chi connectivity index (χ3v) is 11.4. The van der Waals surface area contributed by atoms with Gasteiger partial charge in [0.05, 0.1) is 30.7 Å². The summed E-state index contributed by atoms with van der Waals surface area (Å²) in [5, 5.41) is 30.0. The fourth-order valence-corrected chi connectivity index (χ4v) is 7.63. The van der Waals surface area contributed by atoms with Crippen LogP contribution in [0.4, 0.5) is 11.6 Å². The maximum atomic E-state index is 13.3. The minimum Gasteiger partial charge on any atom is -0.493 e. The highest BCUT2D eigenvalue weighted by Crippen LogP contribution is 2.39. The Morgan fingerprint density at radius 3 is 1.84 bits per heavy atom. The molecule has 4 N–H and O–H groups in total. The number of nitrogens with one attached hydrogen (secondary N) is 4. The highest BCUT2D eigenvalue weighted by atomic mass is 16.5. The van der Waals surface area contributed by atoms with E-state index in [4.69, 9.17) is 20.3 Å². The second-order valence-electron chi connectivity index (χ2n) is 16.2. The van der Waals surface area contributed by atoms with Gasteiger partial charge in [0, 0.05) is 56.8 Å². The molecule has 7 aromatic rings. The number of nitrogens with zero attached hydrogens (tertiary/aromatic N) is 8. The Hall–Kier alpha value is -8.14. The van der Waals surface area contributed by atoms with Crippen molar-refractivity contribution in [3.05, 3.63) is 144 Å². The molecule has 0 spiro atoms. The SMILES string of the molecule is CC.Cc1ccc(-c2ccc3c(c2)C(=O)Nc2cccc(n2)-c2nncn2CCCCO3)cn1.N=CN1CCCCOc2ccc(-c3ccc(C4CC4)nc3)cc2C(=O)Nc2cccc(n2)C1=N.[HH].[HH]. The molecule has 16 nitrogen and oxygen atoms in total. The van der Waals surface area contributed by atoms with E-state index in [-0.39, 0.29) is 20.5 Å². The first-order chi connectivity index (χ1) is 33.3. The zero-order valence-electron chi connectivity index (χ0n) is 38.4. The molecule has 3 aliphatic rings. The fourth-order valence-electron chi connectivity index (χ4n) is 7.63. The maximum Gasteiger partial charge on any atom is 0.260 e. The van der Waals surface area contributed by atoms with Crippen molar-refractivity contribution in [1.29, 1.82) is 10.8 Å². The Bertz CT molecular complexity index is 2910. The van der Waals surface area contributed by atoms with Crippen LogP contribution in [-0.4, -0.2) is 83.3 Å². The van der Waals surface area contributed by atoms with E-state index in [0.29, 0.717) is 77.2 Å². The molecule has 0 saturated heterocycles. The van der Waals surface area contributed by atoms with Crippen molar-refractivity contribution >= 4 is 35.6 Å². The van der Waals surface area contributed by atoms with E-state index >= 15 is 0 Å². The Balaban J connectivity index is 0.000000216. The van der Waals surface area contributed by atoms with Gasteiger partial charge in [-0.15, -0.1) is 10.2 Å². The summed E-state index contributed by atoms with van der Waals surface area (Å²) >= 11 is 0. The number of carbonyl (C=O) groups is 2. The van der Waals surface area contributed by atoms with E-state index < -0.39 is 0 Å². The van der Waals surface area contributed by atoms with Crippen molar-refractivity contribution in [3.63, 3.8) is 0 Å². The monoisotopic (exact) mass is 914 g/mol. The van der Waals surface area contributed by atoms with Crippen LogP contribution in [0.5, 0.6) is 11.5 Å². The fraction of sp³-hybridized carbons (Fsp3) is 0.269. The van der Waals surface area contributed by atoms with Crippen LogP contribution in [0.15, 0.2) is 116 Å². The average Bonchev–Trinajstić information content (AvgIpc) is 4.12. The minimum absolute atomic E-state index is 0. The van der Waals surface area contributed by atoms with Crippen LogP contribution in [0.2, 0.25) is 0 Å². The zero-order valence-corrected chi connectivity index (χ0v) is 38.4. The van der Waals surface area contributed by atoms with Crippen LogP contribution in [0, 0.1) is 17.7 Å². The average molecular weight is 915 g/mol. The van der Waals surface area contributed by atoms with Crippen molar-refractivity contribution in [2.75, 3.05) is 30.4 Å². The molecule has 7 heterocycles. The van der Waals surface area contributed by atoms with Gasteiger partial charge in [0.1, 0.15) is 40.8 Å². The lowest BCUT2D eigenvalue weighted by atomic mass is 10.0. The normalized spacial score (nSPS) is 14.9. The van der Waals surface area contributed by atoms with E-state index in [9.17, 15) is 9.59 Å². The molecule has 0 atom stereocenters. The van der Waals surface area contributed by atoms with Gasteiger partial charge in [0.25, 0.3) is 11.8 Å².